The summed E-state index contributed by atoms with van der Waals surface area (Å²) in [5.41, 5.74) is 0. The Hall–Kier alpha value is -1.47. The van der Waals surface area contributed by atoms with Crippen molar-refractivity contribution >= 4 is 11.8 Å². The van der Waals surface area contributed by atoms with Gasteiger partial charge >= 0.3 is 0 Å². The summed E-state index contributed by atoms with van der Waals surface area (Å²) in [5, 5.41) is 11.6. The van der Waals surface area contributed by atoms with E-state index in [1.54, 1.807) is 6.20 Å². The Kier molecular flexibility index (Phi) is 5.04. The molecule has 2 saturated heterocycles. The number of nitrogens with one attached hydrogen (secondary N) is 1. The molecule has 0 bridgehead atoms. The molecule has 22 heavy (non-hydrogen) atoms. The summed E-state index contributed by atoms with van der Waals surface area (Å²) >= 11 is 0. The van der Waals surface area contributed by atoms with E-state index in [0.29, 0.717) is 19.2 Å². The zero-order valence-electron chi connectivity index (χ0n) is 13.3. The van der Waals surface area contributed by atoms with Crippen molar-refractivity contribution in [3.63, 3.8) is 0 Å². The van der Waals surface area contributed by atoms with E-state index in [1.165, 1.54) is 12.8 Å². The van der Waals surface area contributed by atoms with Crippen LogP contribution < -0.4 is 10.2 Å². The van der Waals surface area contributed by atoms with E-state index in [4.69, 9.17) is 9.47 Å². The highest BCUT2D eigenvalue weighted by Crippen LogP contribution is 2.32. The van der Waals surface area contributed by atoms with Gasteiger partial charge in [0.15, 0.2) is 11.6 Å². The zero-order valence-corrected chi connectivity index (χ0v) is 13.3. The molecular formula is C15H25N5O2. The Morgan fingerprint density at radius 2 is 2.00 bits per heavy atom. The highest BCUT2D eigenvalue weighted by atomic mass is 16.7. The SMILES string of the molecule is CCCCCNc1cnnc(N2CCC3(CC2)OCCO3)n1. The number of rotatable bonds is 6. The molecule has 7 nitrogen and oxygen atoms in total. The van der Waals surface area contributed by atoms with Gasteiger partial charge in [-0.05, 0) is 6.42 Å². The highest BCUT2D eigenvalue weighted by Gasteiger charge is 2.40. The highest BCUT2D eigenvalue weighted by molar-refractivity contribution is 5.39. The van der Waals surface area contributed by atoms with E-state index in [0.717, 1.165) is 44.7 Å². The van der Waals surface area contributed by atoms with Gasteiger partial charge in [-0.3, -0.25) is 0 Å². The molecule has 0 aromatic carbocycles. The minimum Gasteiger partial charge on any atom is -0.369 e. The van der Waals surface area contributed by atoms with Gasteiger partial charge in [0, 0.05) is 32.5 Å². The van der Waals surface area contributed by atoms with Crippen molar-refractivity contribution in [2.75, 3.05) is 43.1 Å². The summed E-state index contributed by atoms with van der Waals surface area (Å²) in [4.78, 5) is 6.72. The van der Waals surface area contributed by atoms with Crippen LogP contribution in [0.15, 0.2) is 6.20 Å². The Bertz CT molecular complexity index is 469. The van der Waals surface area contributed by atoms with Gasteiger partial charge in [-0.15, -0.1) is 5.10 Å². The Balaban J connectivity index is 1.54. The maximum atomic E-state index is 5.75. The lowest BCUT2D eigenvalue weighted by Gasteiger charge is -2.37. The van der Waals surface area contributed by atoms with Crippen LogP contribution in [0.3, 0.4) is 0 Å². The molecule has 2 fully saturated rings. The molecule has 0 unspecified atom stereocenters. The molecule has 0 aliphatic carbocycles. The van der Waals surface area contributed by atoms with Gasteiger partial charge in [0.05, 0.1) is 19.4 Å². The maximum absolute atomic E-state index is 5.75. The molecule has 1 aromatic heterocycles. The third-order valence-electron chi connectivity index (χ3n) is 4.26. The Morgan fingerprint density at radius 1 is 1.23 bits per heavy atom. The summed E-state index contributed by atoms with van der Waals surface area (Å²) < 4.78 is 11.5. The van der Waals surface area contributed by atoms with Crippen LogP contribution in [0.25, 0.3) is 0 Å². The van der Waals surface area contributed by atoms with Crippen LogP contribution in [0.5, 0.6) is 0 Å². The summed E-state index contributed by atoms with van der Waals surface area (Å²) in [6.07, 6.45) is 6.98. The third-order valence-corrected chi connectivity index (χ3v) is 4.26. The van der Waals surface area contributed by atoms with Crippen LogP contribution in [0.4, 0.5) is 11.8 Å². The van der Waals surface area contributed by atoms with Gasteiger partial charge in [0.25, 0.3) is 0 Å². The lowest BCUT2D eigenvalue weighted by Crippen LogP contribution is -2.45. The topological polar surface area (TPSA) is 72.4 Å². The number of unbranched alkanes of at least 4 members (excludes halogenated alkanes) is 2. The van der Waals surface area contributed by atoms with Gasteiger partial charge in [0.2, 0.25) is 5.95 Å². The number of hydrogen-bond acceptors (Lipinski definition) is 7. The normalized spacial score (nSPS) is 20.5. The van der Waals surface area contributed by atoms with Crippen molar-refractivity contribution < 1.29 is 9.47 Å². The van der Waals surface area contributed by atoms with Crippen molar-refractivity contribution in [1.29, 1.82) is 0 Å². The zero-order chi connectivity index (χ0) is 15.3. The molecule has 122 valence electrons. The first kappa shape index (κ1) is 15.4. The number of piperidine rings is 1. The number of anilines is 2. The van der Waals surface area contributed by atoms with Crippen molar-refractivity contribution in [2.24, 2.45) is 0 Å². The predicted octanol–water partition coefficient (Wildman–Crippen LogP) is 1.82. The predicted molar refractivity (Wildman–Crippen MR) is 83.9 cm³/mol. The number of aromatic nitrogens is 3. The summed E-state index contributed by atoms with van der Waals surface area (Å²) in [5.74, 6) is 1.13. The number of ether oxygens (including phenoxy) is 2. The summed E-state index contributed by atoms with van der Waals surface area (Å²) in [7, 11) is 0. The minimum atomic E-state index is -0.361. The van der Waals surface area contributed by atoms with Gasteiger partial charge in [-0.2, -0.15) is 10.1 Å². The summed E-state index contributed by atoms with van der Waals surface area (Å²) in [6.45, 7) is 6.20. The fourth-order valence-electron chi connectivity index (χ4n) is 2.94. The first-order chi connectivity index (χ1) is 10.8. The maximum Gasteiger partial charge on any atom is 0.247 e. The quantitative estimate of drug-likeness (QED) is 0.804. The van der Waals surface area contributed by atoms with Crippen LogP contribution in [-0.2, 0) is 9.47 Å². The van der Waals surface area contributed by atoms with Gasteiger partial charge in [-0.25, -0.2) is 0 Å². The fraction of sp³-hybridized carbons (Fsp3) is 0.800. The summed E-state index contributed by atoms with van der Waals surface area (Å²) in [6, 6.07) is 0. The molecule has 0 saturated carbocycles. The Labute approximate surface area is 131 Å². The first-order valence-corrected chi connectivity index (χ1v) is 8.28. The second-order valence-corrected chi connectivity index (χ2v) is 5.87. The number of hydrogen-bond donors (Lipinski definition) is 1. The minimum absolute atomic E-state index is 0.361. The van der Waals surface area contributed by atoms with E-state index in [1.807, 2.05) is 0 Å². The van der Waals surface area contributed by atoms with Crippen molar-refractivity contribution in [3.05, 3.63) is 6.20 Å². The molecule has 0 amide bonds. The largest absolute Gasteiger partial charge is 0.369 e. The first-order valence-electron chi connectivity index (χ1n) is 8.28. The van der Waals surface area contributed by atoms with E-state index in [2.05, 4.69) is 32.3 Å². The third kappa shape index (κ3) is 3.64. The number of nitrogens with zero attached hydrogens (tertiary/aromatic N) is 4. The van der Waals surface area contributed by atoms with Crippen molar-refractivity contribution in [2.45, 2.75) is 44.8 Å². The Morgan fingerprint density at radius 3 is 2.73 bits per heavy atom. The van der Waals surface area contributed by atoms with E-state index in [-0.39, 0.29) is 5.79 Å². The lowest BCUT2D eigenvalue weighted by molar-refractivity contribution is -0.169. The van der Waals surface area contributed by atoms with Gasteiger partial charge < -0.3 is 19.7 Å². The van der Waals surface area contributed by atoms with Crippen molar-refractivity contribution in [1.82, 2.24) is 15.2 Å². The molecule has 0 atom stereocenters. The molecule has 0 radical (unpaired) electrons. The van der Waals surface area contributed by atoms with Crippen LogP contribution in [0, 0.1) is 0 Å². The fourth-order valence-corrected chi connectivity index (χ4v) is 2.94. The van der Waals surface area contributed by atoms with Crippen LogP contribution in [-0.4, -0.2) is 53.8 Å². The lowest BCUT2D eigenvalue weighted by atomic mass is 10.0. The van der Waals surface area contributed by atoms with Gasteiger partial charge in [0.1, 0.15) is 0 Å². The molecule has 7 heteroatoms. The second kappa shape index (κ2) is 7.19. The average Bonchev–Trinajstić information content (AvgIpc) is 3.01. The standard InChI is InChI=1S/C15H25N5O2/c1-2-3-4-7-16-13-12-17-19-14(18-13)20-8-5-15(6-9-20)21-10-11-22-15/h12H,2-11H2,1H3,(H,16,18,19). The van der Waals surface area contributed by atoms with E-state index >= 15 is 0 Å². The van der Waals surface area contributed by atoms with Crippen LogP contribution >= 0.6 is 0 Å². The molecule has 3 heterocycles. The van der Waals surface area contributed by atoms with E-state index < -0.39 is 0 Å². The van der Waals surface area contributed by atoms with E-state index in [9.17, 15) is 0 Å². The molecule has 1 aromatic rings. The second-order valence-electron chi connectivity index (χ2n) is 5.87. The average molecular weight is 307 g/mol. The van der Waals surface area contributed by atoms with Crippen LogP contribution in [0.1, 0.15) is 39.0 Å². The van der Waals surface area contributed by atoms with Crippen LogP contribution in [0.2, 0.25) is 0 Å². The molecule has 3 rings (SSSR count). The molecule has 2 aliphatic heterocycles. The molecule has 1 N–H and O–H groups in total. The molecule has 1 spiro atoms. The smallest absolute Gasteiger partial charge is 0.247 e. The monoisotopic (exact) mass is 307 g/mol. The van der Waals surface area contributed by atoms with Gasteiger partial charge in [-0.1, -0.05) is 19.8 Å². The molecular weight excluding hydrogens is 282 g/mol. The molecule has 2 aliphatic rings. The van der Waals surface area contributed by atoms with Crippen molar-refractivity contribution in [3.8, 4) is 0 Å².